The van der Waals surface area contributed by atoms with Crippen LogP contribution in [0.2, 0.25) is 0 Å². The molecular formula is C11H16N2. The van der Waals surface area contributed by atoms with Crippen molar-refractivity contribution in [3.63, 3.8) is 0 Å². The topological polar surface area (TPSA) is 47.6 Å². The summed E-state index contributed by atoms with van der Waals surface area (Å²) in [5, 5.41) is 17.0. The van der Waals surface area contributed by atoms with Crippen LogP contribution in [0.25, 0.3) is 0 Å². The zero-order valence-corrected chi connectivity index (χ0v) is 8.33. The summed E-state index contributed by atoms with van der Waals surface area (Å²) in [5.74, 6) is 0.239. The number of hydrogen-bond acceptors (Lipinski definition) is 2. The Labute approximate surface area is 80.5 Å². The SMILES string of the molecule is CC(C#N)C/C=C/CCC(C)C#N. The maximum atomic E-state index is 8.50. The van der Waals surface area contributed by atoms with E-state index in [9.17, 15) is 0 Å². The predicted octanol–water partition coefficient (Wildman–Crippen LogP) is 3.03. The molecule has 0 saturated heterocycles. The molecule has 0 aromatic heterocycles. The van der Waals surface area contributed by atoms with Crippen molar-refractivity contribution in [3.8, 4) is 12.1 Å². The molecule has 2 unspecified atom stereocenters. The summed E-state index contributed by atoms with van der Waals surface area (Å²) in [4.78, 5) is 0. The van der Waals surface area contributed by atoms with Crippen LogP contribution in [-0.4, -0.2) is 0 Å². The highest BCUT2D eigenvalue weighted by Crippen LogP contribution is 2.06. The van der Waals surface area contributed by atoms with Gasteiger partial charge in [0.2, 0.25) is 0 Å². The summed E-state index contributed by atoms with van der Waals surface area (Å²) >= 11 is 0. The smallest absolute Gasteiger partial charge is 0.0656 e. The van der Waals surface area contributed by atoms with Crippen LogP contribution in [0.15, 0.2) is 12.2 Å². The molecule has 0 saturated carbocycles. The molecule has 0 spiro atoms. The molecule has 0 aromatic carbocycles. The van der Waals surface area contributed by atoms with E-state index >= 15 is 0 Å². The first-order valence-electron chi connectivity index (χ1n) is 4.65. The molecule has 0 heterocycles. The molecule has 0 N–H and O–H groups in total. The van der Waals surface area contributed by atoms with Crippen molar-refractivity contribution in [2.24, 2.45) is 11.8 Å². The summed E-state index contributed by atoms with van der Waals surface area (Å²) in [7, 11) is 0. The van der Waals surface area contributed by atoms with E-state index in [4.69, 9.17) is 10.5 Å². The van der Waals surface area contributed by atoms with Gasteiger partial charge in [-0.2, -0.15) is 10.5 Å². The maximum absolute atomic E-state index is 8.50. The summed E-state index contributed by atoms with van der Waals surface area (Å²) in [5.41, 5.74) is 0. The highest BCUT2D eigenvalue weighted by molar-refractivity contribution is 4.91. The monoisotopic (exact) mass is 176 g/mol. The second-order valence-corrected chi connectivity index (χ2v) is 3.34. The second-order valence-electron chi connectivity index (χ2n) is 3.34. The zero-order valence-electron chi connectivity index (χ0n) is 8.33. The minimum Gasteiger partial charge on any atom is -0.198 e. The number of nitriles is 2. The molecular weight excluding hydrogens is 160 g/mol. The fraction of sp³-hybridized carbons (Fsp3) is 0.636. The number of hydrogen-bond donors (Lipinski definition) is 0. The lowest BCUT2D eigenvalue weighted by atomic mass is 10.1. The van der Waals surface area contributed by atoms with E-state index in [1.165, 1.54) is 0 Å². The van der Waals surface area contributed by atoms with Crippen LogP contribution in [0.4, 0.5) is 0 Å². The number of allylic oxidation sites excluding steroid dienone is 2. The third-order valence-corrected chi connectivity index (χ3v) is 1.86. The van der Waals surface area contributed by atoms with E-state index in [2.05, 4.69) is 18.2 Å². The van der Waals surface area contributed by atoms with Gasteiger partial charge in [0.05, 0.1) is 12.1 Å². The van der Waals surface area contributed by atoms with E-state index < -0.39 is 0 Å². The van der Waals surface area contributed by atoms with Crippen molar-refractivity contribution >= 4 is 0 Å². The highest BCUT2D eigenvalue weighted by atomic mass is 14.3. The molecule has 0 radical (unpaired) electrons. The first-order valence-corrected chi connectivity index (χ1v) is 4.65. The Morgan fingerprint density at radius 3 is 2.23 bits per heavy atom. The van der Waals surface area contributed by atoms with Crippen molar-refractivity contribution < 1.29 is 0 Å². The van der Waals surface area contributed by atoms with E-state index in [0.717, 1.165) is 19.3 Å². The van der Waals surface area contributed by atoms with Gasteiger partial charge >= 0.3 is 0 Å². The van der Waals surface area contributed by atoms with Crippen LogP contribution in [0, 0.1) is 34.5 Å². The molecule has 0 amide bonds. The standard InChI is InChI=1S/C11H16N2/c1-10(8-12)6-4-3-5-7-11(2)9-13/h3-4,10-11H,5-7H2,1-2H3/b4-3+. The summed E-state index contributed by atoms with van der Waals surface area (Å²) < 4.78 is 0. The number of rotatable bonds is 5. The van der Waals surface area contributed by atoms with E-state index in [-0.39, 0.29) is 11.8 Å². The Kier molecular flexibility index (Phi) is 6.65. The van der Waals surface area contributed by atoms with Gasteiger partial charge in [-0.15, -0.1) is 0 Å². The van der Waals surface area contributed by atoms with Crippen LogP contribution in [0.5, 0.6) is 0 Å². The Bertz CT molecular complexity index is 229. The molecule has 0 bridgehead atoms. The van der Waals surface area contributed by atoms with Crippen LogP contribution >= 0.6 is 0 Å². The molecule has 2 heteroatoms. The van der Waals surface area contributed by atoms with Crippen LogP contribution in [-0.2, 0) is 0 Å². The van der Waals surface area contributed by atoms with Crippen molar-refractivity contribution in [1.29, 1.82) is 10.5 Å². The Hall–Kier alpha value is -1.28. The first kappa shape index (κ1) is 11.7. The second kappa shape index (κ2) is 7.37. The molecule has 13 heavy (non-hydrogen) atoms. The third-order valence-electron chi connectivity index (χ3n) is 1.86. The van der Waals surface area contributed by atoms with Crippen LogP contribution < -0.4 is 0 Å². The van der Waals surface area contributed by atoms with Gasteiger partial charge in [-0.1, -0.05) is 12.2 Å². The molecule has 0 aliphatic rings. The zero-order chi connectivity index (χ0) is 10.1. The van der Waals surface area contributed by atoms with Gasteiger partial charge in [-0.05, 0) is 33.1 Å². The van der Waals surface area contributed by atoms with Crippen molar-refractivity contribution in [3.05, 3.63) is 12.2 Å². The molecule has 2 nitrogen and oxygen atoms in total. The molecule has 0 fully saturated rings. The third kappa shape index (κ3) is 7.09. The summed E-state index contributed by atoms with van der Waals surface area (Å²) in [6, 6.07) is 4.36. The lowest BCUT2D eigenvalue weighted by Crippen LogP contribution is -1.88. The minimum atomic E-state index is 0.102. The van der Waals surface area contributed by atoms with Crippen LogP contribution in [0.3, 0.4) is 0 Å². The van der Waals surface area contributed by atoms with E-state index in [1.54, 1.807) is 0 Å². The lowest BCUT2D eigenvalue weighted by Gasteiger charge is -1.97. The van der Waals surface area contributed by atoms with Gasteiger partial charge in [-0.25, -0.2) is 0 Å². The van der Waals surface area contributed by atoms with E-state index in [0.29, 0.717) is 0 Å². The Morgan fingerprint density at radius 1 is 1.08 bits per heavy atom. The molecule has 2 atom stereocenters. The Morgan fingerprint density at radius 2 is 1.69 bits per heavy atom. The molecule has 0 rings (SSSR count). The summed E-state index contributed by atoms with van der Waals surface area (Å²) in [6.07, 6.45) is 6.75. The van der Waals surface area contributed by atoms with Gasteiger partial charge in [0.1, 0.15) is 0 Å². The van der Waals surface area contributed by atoms with Gasteiger partial charge in [0.25, 0.3) is 0 Å². The predicted molar refractivity (Wildman–Crippen MR) is 52.5 cm³/mol. The average molecular weight is 176 g/mol. The van der Waals surface area contributed by atoms with Crippen molar-refractivity contribution in [1.82, 2.24) is 0 Å². The minimum absolute atomic E-state index is 0.102. The fourth-order valence-corrected chi connectivity index (χ4v) is 0.882. The quantitative estimate of drug-likeness (QED) is 0.604. The van der Waals surface area contributed by atoms with Crippen molar-refractivity contribution in [2.75, 3.05) is 0 Å². The molecule has 0 aliphatic carbocycles. The van der Waals surface area contributed by atoms with E-state index in [1.807, 2.05) is 19.9 Å². The molecule has 0 aromatic rings. The van der Waals surface area contributed by atoms with Gasteiger partial charge < -0.3 is 0 Å². The largest absolute Gasteiger partial charge is 0.198 e. The summed E-state index contributed by atoms with van der Waals surface area (Å²) in [6.45, 7) is 3.83. The van der Waals surface area contributed by atoms with Gasteiger partial charge in [-0.3, -0.25) is 0 Å². The lowest BCUT2D eigenvalue weighted by molar-refractivity contribution is 0.668. The fourth-order valence-electron chi connectivity index (χ4n) is 0.882. The normalized spacial score (nSPS) is 14.8. The Balaban J connectivity index is 3.45. The maximum Gasteiger partial charge on any atom is 0.0656 e. The van der Waals surface area contributed by atoms with Crippen LogP contribution in [0.1, 0.15) is 33.1 Å². The van der Waals surface area contributed by atoms with Crippen molar-refractivity contribution in [2.45, 2.75) is 33.1 Å². The van der Waals surface area contributed by atoms with Gasteiger partial charge in [0.15, 0.2) is 0 Å². The van der Waals surface area contributed by atoms with Gasteiger partial charge in [0, 0.05) is 11.8 Å². The number of nitrogens with zero attached hydrogens (tertiary/aromatic N) is 2. The highest BCUT2D eigenvalue weighted by Gasteiger charge is 1.96. The first-order chi connectivity index (χ1) is 6.20. The average Bonchev–Trinajstić information content (AvgIpc) is 2.16. The molecule has 0 aliphatic heterocycles. The molecule has 70 valence electrons.